The molecule has 0 heterocycles. The van der Waals surface area contributed by atoms with Crippen LogP contribution in [0.3, 0.4) is 0 Å². The van der Waals surface area contributed by atoms with E-state index in [9.17, 15) is 0 Å². The Labute approximate surface area is 159 Å². The van der Waals surface area contributed by atoms with E-state index in [1.165, 1.54) is 5.56 Å². The largest absolute Gasteiger partial charge is 0.488 e. The molecule has 0 aliphatic carbocycles. The van der Waals surface area contributed by atoms with Gasteiger partial charge in [-0.1, -0.05) is 65.7 Å². The zero-order valence-electron chi connectivity index (χ0n) is 14.7. The molecule has 0 atom stereocenters. The number of ether oxygens (including phenoxy) is 1. The predicted molar refractivity (Wildman–Crippen MR) is 108 cm³/mol. The van der Waals surface area contributed by atoms with E-state index in [4.69, 9.17) is 16.3 Å². The van der Waals surface area contributed by atoms with Crippen LogP contribution >= 0.6 is 11.6 Å². The molecule has 26 heavy (non-hydrogen) atoms. The summed E-state index contributed by atoms with van der Waals surface area (Å²) in [5, 5.41) is 5.03. The number of benzene rings is 3. The first-order valence-electron chi connectivity index (χ1n) is 8.48. The lowest BCUT2D eigenvalue weighted by Gasteiger charge is -2.09. The van der Waals surface area contributed by atoms with E-state index in [0.29, 0.717) is 13.2 Å². The minimum atomic E-state index is 0.531. The van der Waals surface area contributed by atoms with Gasteiger partial charge in [0, 0.05) is 10.6 Å². The fourth-order valence-electron chi connectivity index (χ4n) is 2.42. The second-order valence-electron chi connectivity index (χ2n) is 6.03. The Morgan fingerprint density at radius 3 is 2.38 bits per heavy atom. The van der Waals surface area contributed by atoms with Crippen molar-refractivity contribution in [2.45, 2.75) is 20.1 Å². The average Bonchev–Trinajstić information content (AvgIpc) is 2.67. The standard InChI is InChI=1S/C22H21ClN2O/c1-17-6-8-19(9-7-17)16-26-22-5-3-2-4-20(22)15-25-24-14-18-10-12-21(23)13-11-18/h2-13,15,24H,14,16H2,1H3/b25-15-. The molecule has 132 valence electrons. The van der Waals surface area contributed by atoms with Crippen LogP contribution in [0.4, 0.5) is 0 Å². The van der Waals surface area contributed by atoms with Crippen molar-refractivity contribution in [1.29, 1.82) is 0 Å². The Hall–Kier alpha value is -2.78. The average molecular weight is 365 g/mol. The van der Waals surface area contributed by atoms with Crippen LogP contribution in [-0.4, -0.2) is 6.21 Å². The zero-order chi connectivity index (χ0) is 18.2. The maximum absolute atomic E-state index is 5.96. The molecule has 0 spiro atoms. The molecule has 3 rings (SSSR count). The van der Waals surface area contributed by atoms with E-state index in [-0.39, 0.29) is 0 Å². The molecule has 3 aromatic carbocycles. The van der Waals surface area contributed by atoms with Crippen LogP contribution in [0.15, 0.2) is 77.9 Å². The van der Waals surface area contributed by atoms with Gasteiger partial charge in [0.15, 0.2) is 0 Å². The Morgan fingerprint density at radius 1 is 0.923 bits per heavy atom. The van der Waals surface area contributed by atoms with Crippen LogP contribution in [0.1, 0.15) is 22.3 Å². The minimum absolute atomic E-state index is 0.531. The van der Waals surface area contributed by atoms with Gasteiger partial charge in [-0.25, -0.2) is 0 Å². The van der Waals surface area contributed by atoms with Gasteiger partial charge in [0.2, 0.25) is 0 Å². The number of hydrogen-bond acceptors (Lipinski definition) is 3. The summed E-state index contributed by atoms with van der Waals surface area (Å²) in [6.45, 7) is 3.25. The van der Waals surface area contributed by atoms with Crippen LogP contribution in [-0.2, 0) is 13.2 Å². The maximum atomic E-state index is 5.96. The van der Waals surface area contributed by atoms with E-state index in [1.807, 2.05) is 48.5 Å². The summed E-state index contributed by atoms with van der Waals surface area (Å²) in [5.41, 5.74) is 7.49. The molecule has 0 fully saturated rings. The van der Waals surface area contributed by atoms with Gasteiger partial charge < -0.3 is 10.2 Å². The van der Waals surface area contributed by atoms with Crippen LogP contribution in [0.2, 0.25) is 5.02 Å². The first-order chi connectivity index (χ1) is 12.7. The molecule has 0 aromatic heterocycles. The molecule has 4 heteroatoms. The highest BCUT2D eigenvalue weighted by atomic mass is 35.5. The van der Waals surface area contributed by atoms with Crippen molar-refractivity contribution in [3.05, 3.63) is 100 Å². The second-order valence-corrected chi connectivity index (χ2v) is 6.47. The highest BCUT2D eigenvalue weighted by Gasteiger charge is 2.01. The van der Waals surface area contributed by atoms with Crippen molar-refractivity contribution in [3.63, 3.8) is 0 Å². The zero-order valence-corrected chi connectivity index (χ0v) is 15.4. The normalized spacial score (nSPS) is 10.8. The fourth-order valence-corrected chi connectivity index (χ4v) is 2.54. The predicted octanol–water partition coefficient (Wildman–Crippen LogP) is 5.35. The van der Waals surface area contributed by atoms with Gasteiger partial charge >= 0.3 is 0 Å². The third-order valence-corrected chi connectivity index (χ3v) is 4.18. The molecule has 3 aromatic rings. The molecule has 0 radical (unpaired) electrons. The Kier molecular flexibility index (Phi) is 6.29. The topological polar surface area (TPSA) is 33.6 Å². The molecular weight excluding hydrogens is 344 g/mol. The summed E-state index contributed by atoms with van der Waals surface area (Å²) in [6, 6.07) is 23.9. The second kappa shape index (κ2) is 9.07. The fraction of sp³-hybridized carbons (Fsp3) is 0.136. The van der Waals surface area contributed by atoms with Crippen molar-refractivity contribution in [1.82, 2.24) is 5.43 Å². The lowest BCUT2D eigenvalue weighted by atomic mass is 10.1. The minimum Gasteiger partial charge on any atom is -0.488 e. The van der Waals surface area contributed by atoms with Crippen LogP contribution in [0, 0.1) is 6.92 Å². The molecule has 0 unspecified atom stereocenters. The van der Waals surface area contributed by atoms with Crippen molar-refractivity contribution in [2.75, 3.05) is 0 Å². The van der Waals surface area contributed by atoms with Gasteiger partial charge in [0.05, 0.1) is 12.8 Å². The number of rotatable bonds is 7. The van der Waals surface area contributed by atoms with Crippen molar-refractivity contribution < 1.29 is 4.74 Å². The van der Waals surface area contributed by atoms with Crippen LogP contribution < -0.4 is 10.2 Å². The third kappa shape index (κ3) is 5.36. The highest BCUT2D eigenvalue weighted by Crippen LogP contribution is 2.18. The lowest BCUT2D eigenvalue weighted by Crippen LogP contribution is -2.06. The SMILES string of the molecule is Cc1ccc(COc2ccccc2/C=N\NCc2ccc(Cl)cc2)cc1. The van der Waals surface area contributed by atoms with E-state index in [2.05, 4.69) is 41.7 Å². The summed E-state index contributed by atoms with van der Waals surface area (Å²) in [7, 11) is 0. The number of aryl methyl sites for hydroxylation is 1. The molecular formula is C22H21ClN2O. The third-order valence-electron chi connectivity index (χ3n) is 3.93. The van der Waals surface area contributed by atoms with Crippen molar-refractivity contribution in [3.8, 4) is 5.75 Å². The quantitative estimate of drug-likeness (QED) is 0.453. The number of hydrogen-bond donors (Lipinski definition) is 1. The maximum Gasteiger partial charge on any atom is 0.128 e. The molecule has 0 aliphatic rings. The van der Waals surface area contributed by atoms with Gasteiger partial charge in [0.1, 0.15) is 12.4 Å². The summed E-state index contributed by atoms with van der Waals surface area (Å²) in [4.78, 5) is 0. The van der Waals surface area contributed by atoms with Gasteiger partial charge in [-0.05, 0) is 42.3 Å². The molecule has 0 amide bonds. The smallest absolute Gasteiger partial charge is 0.128 e. The summed E-state index contributed by atoms with van der Waals surface area (Å²) in [6.07, 6.45) is 1.78. The molecule has 0 bridgehead atoms. The lowest BCUT2D eigenvalue weighted by molar-refractivity contribution is 0.306. The Balaban J connectivity index is 1.57. The van der Waals surface area contributed by atoms with E-state index in [0.717, 1.165) is 27.5 Å². The van der Waals surface area contributed by atoms with Crippen molar-refractivity contribution >= 4 is 17.8 Å². The summed E-state index contributed by atoms with van der Waals surface area (Å²) >= 11 is 5.89. The Morgan fingerprint density at radius 2 is 1.62 bits per heavy atom. The first kappa shape index (κ1) is 18.0. The number of para-hydroxylation sites is 1. The monoisotopic (exact) mass is 364 g/mol. The molecule has 1 N–H and O–H groups in total. The van der Waals surface area contributed by atoms with E-state index in [1.54, 1.807) is 6.21 Å². The van der Waals surface area contributed by atoms with Gasteiger partial charge in [-0.3, -0.25) is 0 Å². The number of halogens is 1. The number of nitrogens with one attached hydrogen (secondary N) is 1. The molecule has 0 aliphatic heterocycles. The first-order valence-corrected chi connectivity index (χ1v) is 8.86. The number of nitrogens with zero attached hydrogens (tertiary/aromatic N) is 1. The summed E-state index contributed by atoms with van der Waals surface area (Å²) in [5.74, 6) is 0.810. The van der Waals surface area contributed by atoms with Crippen LogP contribution in [0.5, 0.6) is 5.75 Å². The molecule has 0 saturated carbocycles. The van der Waals surface area contributed by atoms with Gasteiger partial charge in [-0.2, -0.15) is 5.10 Å². The number of hydrazone groups is 1. The van der Waals surface area contributed by atoms with Crippen LogP contribution in [0.25, 0.3) is 0 Å². The molecule has 0 saturated heterocycles. The van der Waals surface area contributed by atoms with Crippen molar-refractivity contribution in [2.24, 2.45) is 5.10 Å². The Bertz CT molecular complexity index is 858. The van der Waals surface area contributed by atoms with E-state index < -0.39 is 0 Å². The van der Waals surface area contributed by atoms with Gasteiger partial charge in [0.25, 0.3) is 0 Å². The van der Waals surface area contributed by atoms with Gasteiger partial charge in [-0.15, -0.1) is 0 Å². The van der Waals surface area contributed by atoms with E-state index >= 15 is 0 Å². The summed E-state index contributed by atoms with van der Waals surface area (Å²) < 4.78 is 5.96. The highest BCUT2D eigenvalue weighted by molar-refractivity contribution is 6.30. The molecule has 3 nitrogen and oxygen atoms in total.